The van der Waals surface area contributed by atoms with Gasteiger partial charge in [-0.3, -0.25) is 24.0 Å². The van der Waals surface area contributed by atoms with Crippen molar-refractivity contribution in [3.8, 4) is 22.5 Å². The van der Waals surface area contributed by atoms with E-state index in [1.54, 1.807) is 68.4 Å². The molecular formula is C32H29IN8O4. The Morgan fingerprint density at radius 1 is 1.02 bits per heavy atom. The summed E-state index contributed by atoms with van der Waals surface area (Å²) in [5.41, 5.74) is 4.87. The molecule has 6 rings (SSSR count). The van der Waals surface area contributed by atoms with Crippen LogP contribution in [0, 0.1) is 17.4 Å². The summed E-state index contributed by atoms with van der Waals surface area (Å²) in [6.45, 7) is 6.14. The maximum absolute atomic E-state index is 13.8. The van der Waals surface area contributed by atoms with Crippen LogP contribution >= 0.6 is 22.6 Å². The number of fused-ring (bicyclic) bond motifs is 1. The van der Waals surface area contributed by atoms with Gasteiger partial charge in [-0.1, -0.05) is 12.1 Å². The molecule has 5 aromatic heterocycles. The van der Waals surface area contributed by atoms with Gasteiger partial charge >= 0.3 is 0 Å². The minimum Gasteiger partial charge on any atom is -0.381 e. The SMILES string of the molecule is CCn1c(-c2ccc(-c3c(C)on(C)c3=O)cn2)c(I)c2cc(C)nc(C(=O)Nc3cccc(C(=O)Nc4ccn(C)n4)c3)c21. The number of benzene rings is 1. The van der Waals surface area contributed by atoms with Crippen molar-refractivity contribution in [3.63, 3.8) is 0 Å². The zero-order valence-corrected chi connectivity index (χ0v) is 27.3. The van der Waals surface area contributed by atoms with E-state index in [9.17, 15) is 14.4 Å². The highest BCUT2D eigenvalue weighted by atomic mass is 127. The lowest BCUT2D eigenvalue weighted by Crippen LogP contribution is -2.17. The molecule has 0 atom stereocenters. The average molecular weight is 717 g/mol. The molecule has 12 nitrogen and oxygen atoms in total. The molecular weight excluding hydrogens is 687 g/mol. The molecule has 2 amide bonds. The number of carbonyl (C=O) groups is 2. The summed E-state index contributed by atoms with van der Waals surface area (Å²) in [6, 6.07) is 14.1. The van der Waals surface area contributed by atoms with E-state index in [1.165, 1.54) is 4.74 Å². The third-order valence-electron chi connectivity index (χ3n) is 7.39. The number of carbonyl (C=O) groups excluding carboxylic acids is 2. The van der Waals surface area contributed by atoms with Crippen molar-refractivity contribution in [3.05, 3.63) is 97.6 Å². The number of rotatable bonds is 7. The van der Waals surface area contributed by atoms with Gasteiger partial charge in [0, 0.05) is 70.6 Å². The fourth-order valence-corrected chi connectivity index (χ4v) is 6.38. The van der Waals surface area contributed by atoms with Crippen molar-refractivity contribution in [2.45, 2.75) is 27.3 Å². The van der Waals surface area contributed by atoms with Crippen molar-refractivity contribution in [1.82, 2.24) is 29.1 Å². The predicted octanol–water partition coefficient (Wildman–Crippen LogP) is 5.54. The van der Waals surface area contributed by atoms with E-state index in [4.69, 9.17) is 9.51 Å². The third-order valence-corrected chi connectivity index (χ3v) is 8.49. The number of amides is 2. The number of halogens is 1. The number of nitrogens with one attached hydrogen (secondary N) is 2. The normalized spacial score (nSPS) is 11.2. The van der Waals surface area contributed by atoms with Crippen LogP contribution in [0.3, 0.4) is 0 Å². The lowest BCUT2D eigenvalue weighted by molar-refractivity contribution is 0.101. The third kappa shape index (κ3) is 5.54. The Morgan fingerprint density at radius 2 is 1.82 bits per heavy atom. The second kappa shape index (κ2) is 11.8. The lowest BCUT2D eigenvalue weighted by Gasteiger charge is -2.12. The maximum atomic E-state index is 13.8. The quantitative estimate of drug-likeness (QED) is 0.207. The van der Waals surface area contributed by atoms with E-state index in [-0.39, 0.29) is 17.2 Å². The zero-order valence-electron chi connectivity index (χ0n) is 25.2. The van der Waals surface area contributed by atoms with E-state index in [0.717, 1.165) is 14.7 Å². The van der Waals surface area contributed by atoms with Crippen LogP contribution in [-0.2, 0) is 20.6 Å². The molecule has 0 aliphatic rings. The Kier molecular flexibility index (Phi) is 7.87. The molecule has 0 spiro atoms. The number of hydrogen-bond donors (Lipinski definition) is 2. The largest absolute Gasteiger partial charge is 0.381 e. The predicted molar refractivity (Wildman–Crippen MR) is 179 cm³/mol. The number of pyridine rings is 2. The van der Waals surface area contributed by atoms with E-state index in [0.29, 0.717) is 57.4 Å². The zero-order chi connectivity index (χ0) is 32.0. The number of nitrogens with zero attached hydrogens (tertiary/aromatic N) is 6. The molecule has 0 unspecified atom stereocenters. The molecule has 0 saturated heterocycles. The second-order valence-corrected chi connectivity index (χ2v) is 11.6. The van der Waals surface area contributed by atoms with Gasteiger partial charge in [0.25, 0.3) is 17.4 Å². The molecule has 0 aliphatic heterocycles. The van der Waals surface area contributed by atoms with Gasteiger partial charge in [-0.25, -0.2) is 4.98 Å². The molecule has 0 radical (unpaired) electrons. The standard InChI is InChI=1S/C32H29IN8O4/c1-6-41-28-22(26(33)29(41)23-11-10-20(16-34-23)25-18(3)45-40(5)32(25)44)14-17(2)35-27(28)31(43)36-21-9-7-8-19(15-21)30(42)37-24-12-13-39(4)38-24/h7-16H,6H2,1-5H3,(H,36,43)(H,37,38,42). The molecule has 6 aromatic rings. The number of aryl methyl sites for hydroxylation is 5. The van der Waals surface area contributed by atoms with Crippen molar-refractivity contribution in [2.75, 3.05) is 10.6 Å². The van der Waals surface area contributed by atoms with Crippen LogP contribution in [0.25, 0.3) is 33.4 Å². The fraction of sp³-hybridized carbons (Fsp3) is 0.188. The first-order chi connectivity index (χ1) is 21.5. The average Bonchev–Trinajstić information content (AvgIpc) is 3.64. The van der Waals surface area contributed by atoms with Crippen LogP contribution in [0.2, 0.25) is 0 Å². The Labute approximate surface area is 271 Å². The molecule has 13 heteroatoms. The summed E-state index contributed by atoms with van der Waals surface area (Å²) in [7, 11) is 3.34. The molecule has 1 aromatic carbocycles. The fourth-order valence-electron chi connectivity index (χ4n) is 5.40. The van der Waals surface area contributed by atoms with Gasteiger partial charge in [0.2, 0.25) is 0 Å². The van der Waals surface area contributed by atoms with E-state index in [2.05, 4.69) is 43.3 Å². The topological polar surface area (TPSA) is 142 Å². The minimum absolute atomic E-state index is 0.226. The first-order valence-electron chi connectivity index (χ1n) is 14.1. The van der Waals surface area contributed by atoms with Gasteiger partial charge < -0.3 is 19.7 Å². The molecule has 0 aliphatic carbocycles. The smallest absolute Gasteiger partial charge is 0.290 e. The molecule has 228 valence electrons. The van der Waals surface area contributed by atoms with Gasteiger partial charge in [-0.2, -0.15) is 9.84 Å². The second-order valence-electron chi connectivity index (χ2n) is 10.5. The van der Waals surface area contributed by atoms with E-state index < -0.39 is 5.91 Å². The summed E-state index contributed by atoms with van der Waals surface area (Å²) < 4.78 is 11.2. The Bertz CT molecular complexity index is 2170. The molecule has 0 saturated carbocycles. The van der Waals surface area contributed by atoms with Crippen LogP contribution in [0.5, 0.6) is 0 Å². The van der Waals surface area contributed by atoms with Crippen molar-refractivity contribution in [2.24, 2.45) is 14.1 Å². The van der Waals surface area contributed by atoms with Gasteiger partial charge in [0.05, 0.1) is 22.5 Å². The van der Waals surface area contributed by atoms with E-state index >= 15 is 0 Å². The number of hydrogen-bond acceptors (Lipinski definition) is 7. The number of anilines is 2. The van der Waals surface area contributed by atoms with Crippen molar-refractivity contribution in [1.29, 1.82) is 0 Å². The van der Waals surface area contributed by atoms with Gasteiger partial charge in [0.1, 0.15) is 5.76 Å². The molecule has 2 N–H and O–H groups in total. The van der Waals surface area contributed by atoms with E-state index in [1.807, 2.05) is 36.6 Å². The maximum Gasteiger partial charge on any atom is 0.290 e. The van der Waals surface area contributed by atoms with Gasteiger partial charge in [-0.15, -0.1) is 0 Å². The molecule has 0 bridgehead atoms. The monoisotopic (exact) mass is 716 g/mol. The summed E-state index contributed by atoms with van der Waals surface area (Å²) in [6.07, 6.45) is 3.40. The first kappa shape index (κ1) is 30.0. The molecule has 0 fully saturated rings. The Morgan fingerprint density at radius 3 is 2.47 bits per heavy atom. The van der Waals surface area contributed by atoms with Crippen LogP contribution in [0.1, 0.15) is 39.2 Å². The van der Waals surface area contributed by atoms with Crippen molar-refractivity contribution >= 4 is 56.8 Å². The highest BCUT2D eigenvalue weighted by Gasteiger charge is 2.25. The Balaban J connectivity index is 1.35. The van der Waals surface area contributed by atoms with Crippen molar-refractivity contribution < 1.29 is 14.1 Å². The van der Waals surface area contributed by atoms with Crippen LogP contribution in [0.4, 0.5) is 11.5 Å². The van der Waals surface area contributed by atoms with Crippen LogP contribution in [-0.4, -0.2) is 40.9 Å². The first-order valence-corrected chi connectivity index (χ1v) is 15.2. The molecule has 5 heterocycles. The highest BCUT2D eigenvalue weighted by Crippen LogP contribution is 2.36. The summed E-state index contributed by atoms with van der Waals surface area (Å²) in [5, 5.41) is 10.7. The van der Waals surface area contributed by atoms with Gasteiger partial charge in [0.15, 0.2) is 11.5 Å². The Hall–Kier alpha value is -5.05. The highest BCUT2D eigenvalue weighted by molar-refractivity contribution is 14.1. The summed E-state index contributed by atoms with van der Waals surface area (Å²) >= 11 is 2.28. The van der Waals surface area contributed by atoms with Gasteiger partial charge in [-0.05, 0) is 73.7 Å². The molecule has 45 heavy (non-hydrogen) atoms. The summed E-state index contributed by atoms with van der Waals surface area (Å²) in [4.78, 5) is 48.6. The summed E-state index contributed by atoms with van der Waals surface area (Å²) in [5.74, 6) is 0.197. The number of aromatic nitrogens is 6. The lowest BCUT2D eigenvalue weighted by atomic mass is 10.1. The van der Waals surface area contributed by atoms with Crippen LogP contribution in [0.15, 0.2) is 70.2 Å². The minimum atomic E-state index is -0.407. The van der Waals surface area contributed by atoms with Crippen LogP contribution < -0.4 is 16.2 Å².